The molecule has 40 heavy (non-hydrogen) atoms. The number of fused-ring (bicyclic) bond motifs is 4. The summed E-state index contributed by atoms with van der Waals surface area (Å²) in [7, 11) is 1.31. The van der Waals surface area contributed by atoms with Crippen molar-refractivity contribution < 1.29 is 29.4 Å². The van der Waals surface area contributed by atoms with Crippen molar-refractivity contribution >= 4 is 58.4 Å². The molecule has 2 heterocycles. The molecule has 208 valence electrons. The van der Waals surface area contributed by atoms with Crippen LogP contribution in [0.5, 0.6) is 11.5 Å². The second-order valence-corrected chi connectivity index (χ2v) is 12.6. The Morgan fingerprint density at radius 1 is 0.950 bits per heavy atom. The van der Waals surface area contributed by atoms with Crippen molar-refractivity contribution in [3.05, 3.63) is 70.3 Å². The van der Waals surface area contributed by atoms with E-state index in [2.05, 4.69) is 0 Å². The molecule has 3 fully saturated rings. The summed E-state index contributed by atoms with van der Waals surface area (Å²) in [4.78, 5) is 52.6. The van der Waals surface area contributed by atoms with Crippen molar-refractivity contribution in [1.29, 1.82) is 0 Å². The molecule has 11 heteroatoms. The van der Waals surface area contributed by atoms with Crippen LogP contribution in [0, 0.1) is 17.8 Å². The van der Waals surface area contributed by atoms with E-state index in [4.69, 9.17) is 34.8 Å². The van der Waals surface area contributed by atoms with Crippen molar-refractivity contribution in [2.45, 2.75) is 34.9 Å². The zero-order valence-corrected chi connectivity index (χ0v) is 23.6. The first-order chi connectivity index (χ1) is 18.9. The van der Waals surface area contributed by atoms with Gasteiger partial charge in [-0.25, -0.2) is 0 Å². The third-order valence-electron chi connectivity index (χ3n) is 8.97. The highest BCUT2D eigenvalue weighted by Gasteiger charge is 2.76. The fourth-order valence-corrected chi connectivity index (χ4v) is 8.23. The zero-order chi connectivity index (χ0) is 28.7. The summed E-state index contributed by atoms with van der Waals surface area (Å²) >= 11 is 20.5. The molecule has 1 saturated carbocycles. The Balaban J connectivity index is 1.42. The molecule has 0 aromatic heterocycles. The van der Waals surface area contributed by atoms with Crippen LogP contribution in [0.25, 0.3) is 0 Å². The van der Waals surface area contributed by atoms with Gasteiger partial charge in [0.2, 0.25) is 11.8 Å². The highest BCUT2D eigenvalue weighted by molar-refractivity contribution is 6.53. The van der Waals surface area contributed by atoms with Crippen LogP contribution in [-0.2, 0) is 25.6 Å². The number of halogens is 3. The summed E-state index contributed by atoms with van der Waals surface area (Å²) in [5, 5.41) is 20.7. The molecular formula is C29H25Cl3N2O6. The second-order valence-electron chi connectivity index (χ2n) is 10.9. The lowest BCUT2D eigenvalue weighted by Crippen LogP contribution is -2.60. The molecule has 2 aromatic carbocycles. The summed E-state index contributed by atoms with van der Waals surface area (Å²) in [6.45, 7) is 0.154. The van der Waals surface area contributed by atoms with Gasteiger partial charge in [-0.3, -0.25) is 29.0 Å². The lowest BCUT2D eigenvalue weighted by molar-refractivity contribution is -0.141. The number of alkyl halides is 2. The first-order valence-corrected chi connectivity index (χ1v) is 14.1. The SMILES string of the molecule is CN1C(=O)C2(Cl)CC3C(=CCC4C(=O)N(CCc5ccc(O)cc5)C(=O)C43)C(c3cc(Cl)ccc3O)C2(Cl)C1=O. The molecule has 4 amide bonds. The van der Waals surface area contributed by atoms with Crippen molar-refractivity contribution in [2.24, 2.45) is 17.8 Å². The van der Waals surface area contributed by atoms with E-state index in [-0.39, 0.29) is 53.3 Å². The van der Waals surface area contributed by atoms with Gasteiger partial charge in [0, 0.05) is 30.1 Å². The number of allylic oxidation sites excluding steroid dienone is 2. The number of likely N-dealkylation sites (tertiary alicyclic amines) is 2. The van der Waals surface area contributed by atoms with Crippen molar-refractivity contribution in [1.82, 2.24) is 9.80 Å². The fourth-order valence-electron chi connectivity index (χ4n) is 7.04. The third kappa shape index (κ3) is 3.58. The number of rotatable bonds is 4. The molecule has 2 aliphatic carbocycles. The maximum absolute atomic E-state index is 13.9. The van der Waals surface area contributed by atoms with Gasteiger partial charge in [0.25, 0.3) is 11.8 Å². The van der Waals surface area contributed by atoms with Gasteiger partial charge >= 0.3 is 0 Å². The fraction of sp³-hybridized carbons (Fsp3) is 0.379. The molecule has 6 atom stereocenters. The number of benzene rings is 2. The molecular weight excluding hydrogens is 579 g/mol. The number of phenols is 2. The minimum atomic E-state index is -1.98. The Bertz CT molecular complexity index is 1510. The second kappa shape index (κ2) is 9.23. The van der Waals surface area contributed by atoms with Gasteiger partial charge in [0.05, 0.1) is 11.8 Å². The van der Waals surface area contributed by atoms with Crippen LogP contribution in [0.2, 0.25) is 5.02 Å². The number of amides is 4. The average Bonchev–Trinajstić information content (AvgIpc) is 3.24. The van der Waals surface area contributed by atoms with E-state index in [1.54, 1.807) is 24.3 Å². The average molecular weight is 604 g/mol. The van der Waals surface area contributed by atoms with Gasteiger partial charge in [-0.15, -0.1) is 23.2 Å². The first-order valence-electron chi connectivity index (χ1n) is 12.9. The normalized spacial score (nSPS) is 33.1. The monoisotopic (exact) mass is 602 g/mol. The molecule has 6 unspecified atom stereocenters. The number of hydrogen-bond acceptors (Lipinski definition) is 6. The van der Waals surface area contributed by atoms with Crippen LogP contribution in [0.4, 0.5) is 0 Å². The van der Waals surface area contributed by atoms with Crippen molar-refractivity contribution in [2.75, 3.05) is 13.6 Å². The van der Waals surface area contributed by atoms with Crippen LogP contribution in [-0.4, -0.2) is 67.0 Å². The Hall–Kier alpha value is -3.07. The van der Waals surface area contributed by atoms with Gasteiger partial charge in [0.1, 0.15) is 11.5 Å². The molecule has 0 radical (unpaired) electrons. The number of carbonyl (C=O) groups is 4. The maximum Gasteiger partial charge on any atom is 0.253 e. The molecule has 6 rings (SSSR count). The number of carbonyl (C=O) groups excluding carboxylic acids is 4. The van der Waals surface area contributed by atoms with Crippen LogP contribution in [0.15, 0.2) is 54.1 Å². The minimum Gasteiger partial charge on any atom is -0.508 e. The molecule has 2 N–H and O–H groups in total. The van der Waals surface area contributed by atoms with E-state index in [0.717, 1.165) is 10.5 Å². The topological polar surface area (TPSA) is 115 Å². The van der Waals surface area contributed by atoms with E-state index in [1.807, 2.05) is 6.08 Å². The first kappa shape index (κ1) is 27.1. The standard InChI is InChI=1S/C29H25Cl3N2O6/c1-33-26(39)28(31)13-20-17(23(29(28,32)27(33)40)19-12-15(30)4-9-21(19)36)7-8-18-22(20)25(38)34(24(18)37)11-10-14-2-5-16(35)6-3-14/h2-7,9,12,18,20,22-23,35-36H,8,10-11,13H2,1H3. The van der Waals surface area contributed by atoms with E-state index in [9.17, 15) is 29.4 Å². The lowest BCUT2D eigenvalue weighted by Gasteiger charge is -2.50. The quantitative estimate of drug-likeness (QED) is 0.310. The predicted molar refractivity (Wildman–Crippen MR) is 147 cm³/mol. The molecule has 4 aliphatic rings. The number of phenolic OH excluding ortho intramolecular Hbond substituents is 2. The van der Waals surface area contributed by atoms with Crippen molar-refractivity contribution in [3.8, 4) is 11.5 Å². The Morgan fingerprint density at radius 2 is 1.65 bits per heavy atom. The summed E-state index contributed by atoms with van der Waals surface area (Å²) in [6, 6.07) is 10.9. The van der Waals surface area contributed by atoms with Crippen LogP contribution in [0.1, 0.15) is 29.9 Å². The molecule has 2 saturated heterocycles. The number of imide groups is 2. The summed E-state index contributed by atoms with van der Waals surface area (Å²) in [6.07, 6.45) is 2.32. The zero-order valence-electron chi connectivity index (χ0n) is 21.3. The van der Waals surface area contributed by atoms with Gasteiger partial charge in [-0.05, 0) is 61.1 Å². The van der Waals surface area contributed by atoms with Gasteiger partial charge in [-0.1, -0.05) is 35.4 Å². The third-order valence-corrected chi connectivity index (χ3v) is 10.6. The van der Waals surface area contributed by atoms with Crippen LogP contribution in [0.3, 0.4) is 0 Å². The summed E-state index contributed by atoms with van der Waals surface area (Å²) in [5.41, 5.74) is 1.66. The summed E-state index contributed by atoms with van der Waals surface area (Å²) < 4.78 is 0. The van der Waals surface area contributed by atoms with Gasteiger partial charge in [-0.2, -0.15) is 0 Å². The Kier molecular flexibility index (Phi) is 6.25. The highest BCUT2D eigenvalue weighted by Crippen LogP contribution is 2.66. The minimum absolute atomic E-state index is 0.121. The van der Waals surface area contributed by atoms with E-state index < -0.39 is 45.2 Å². The Morgan fingerprint density at radius 3 is 2.35 bits per heavy atom. The maximum atomic E-state index is 13.9. The molecule has 0 bridgehead atoms. The number of aromatic hydroxyl groups is 2. The Labute approximate surface area is 245 Å². The molecule has 2 aromatic rings. The number of hydrogen-bond donors (Lipinski definition) is 2. The smallest absolute Gasteiger partial charge is 0.253 e. The molecule has 8 nitrogen and oxygen atoms in total. The van der Waals surface area contributed by atoms with E-state index in [1.165, 1.54) is 30.1 Å². The predicted octanol–water partition coefficient (Wildman–Crippen LogP) is 3.98. The number of nitrogens with zero attached hydrogens (tertiary/aromatic N) is 2. The lowest BCUT2D eigenvalue weighted by atomic mass is 9.56. The van der Waals surface area contributed by atoms with Crippen LogP contribution >= 0.6 is 34.8 Å². The van der Waals surface area contributed by atoms with E-state index >= 15 is 0 Å². The van der Waals surface area contributed by atoms with Gasteiger partial charge in [0.15, 0.2) is 9.75 Å². The molecule has 0 spiro atoms. The van der Waals surface area contributed by atoms with Gasteiger partial charge < -0.3 is 10.2 Å². The highest BCUT2D eigenvalue weighted by atomic mass is 35.5. The van der Waals surface area contributed by atoms with E-state index in [0.29, 0.717) is 12.0 Å². The summed E-state index contributed by atoms with van der Waals surface area (Å²) in [5.74, 6) is -5.33. The van der Waals surface area contributed by atoms with Crippen molar-refractivity contribution in [3.63, 3.8) is 0 Å². The van der Waals surface area contributed by atoms with Crippen LogP contribution < -0.4 is 0 Å². The largest absolute Gasteiger partial charge is 0.508 e. The molecule has 2 aliphatic heterocycles.